The normalized spacial score (nSPS) is 10.5. The van der Waals surface area contributed by atoms with E-state index in [-0.39, 0.29) is 18.3 Å². The van der Waals surface area contributed by atoms with Gasteiger partial charge in [-0.2, -0.15) is 5.10 Å². The van der Waals surface area contributed by atoms with Crippen molar-refractivity contribution in [3.05, 3.63) is 66.4 Å². The second-order valence-corrected chi connectivity index (χ2v) is 6.57. The van der Waals surface area contributed by atoms with Gasteiger partial charge in [0.2, 0.25) is 0 Å². The Kier molecular flexibility index (Phi) is 7.21. The zero-order chi connectivity index (χ0) is 21.3. The quantitative estimate of drug-likeness (QED) is 0.433. The van der Waals surface area contributed by atoms with Crippen LogP contribution in [-0.2, 0) is 9.53 Å². The number of carbonyl (C=O) groups excluding carboxylic acids is 2. The monoisotopic (exact) mass is 407 g/mol. The number of aromatic nitrogens is 2. The van der Waals surface area contributed by atoms with E-state index < -0.39 is 0 Å². The standard InChI is InChI=1S/C23H25N3O4/c1-3-30-21(27)13-8-14-24-23(28)20-16-26(18-10-5-4-6-11-18)25-22(20)17-9-7-12-19(15-17)29-2/h4-7,9-12,15-16H,3,8,13-14H2,1-2H3,(H,24,28). The number of nitrogens with zero attached hydrogens (tertiary/aromatic N) is 2. The Hall–Kier alpha value is -3.61. The fraction of sp³-hybridized carbons (Fsp3) is 0.261. The Morgan fingerprint density at radius 2 is 1.90 bits per heavy atom. The lowest BCUT2D eigenvalue weighted by Gasteiger charge is -2.06. The van der Waals surface area contributed by atoms with Crippen LogP contribution < -0.4 is 10.1 Å². The highest BCUT2D eigenvalue weighted by Crippen LogP contribution is 2.27. The minimum atomic E-state index is -0.263. The highest BCUT2D eigenvalue weighted by molar-refractivity contribution is 6.00. The summed E-state index contributed by atoms with van der Waals surface area (Å²) in [6.45, 7) is 2.49. The van der Waals surface area contributed by atoms with Gasteiger partial charge in [0.1, 0.15) is 11.4 Å². The smallest absolute Gasteiger partial charge is 0.305 e. The van der Waals surface area contributed by atoms with Crippen LogP contribution >= 0.6 is 0 Å². The third kappa shape index (κ3) is 5.26. The number of hydrogen-bond acceptors (Lipinski definition) is 5. The van der Waals surface area contributed by atoms with Crippen LogP contribution in [0.25, 0.3) is 16.9 Å². The van der Waals surface area contributed by atoms with Gasteiger partial charge in [-0.15, -0.1) is 0 Å². The summed E-state index contributed by atoms with van der Waals surface area (Å²) in [5.41, 5.74) is 2.63. The van der Waals surface area contributed by atoms with Crippen molar-refractivity contribution < 1.29 is 19.1 Å². The van der Waals surface area contributed by atoms with Crippen LogP contribution in [0.3, 0.4) is 0 Å². The summed E-state index contributed by atoms with van der Waals surface area (Å²) < 4.78 is 11.9. The first-order chi connectivity index (χ1) is 14.6. The van der Waals surface area contributed by atoms with Gasteiger partial charge in [-0.05, 0) is 37.6 Å². The van der Waals surface area contributed by atoms with Crippen LogP contribution in [0.5, 0.6) is 5.75 Å². The number of nitrogens with one attached hydrogen (secondary N) is 1. The van der Waals surface area contributed by atoms with Crippen LogP contribution in [-0.4, -0.2) is 41.9 Å². The summed E-state index contributed by atoms with van der Waals surface area (Å²) in [6, 6.07) is 17.0. The van der Waals surface area contributed by atoms with Gasteiger partial charge >= 0.3 is 5.97 Å². The lowest BCUT2D eigenvalue weighted by atomic mass is 10.1. The second kappa shape index (κ2) is 10.2. The van der Waals surface area contributed by atoms with Crippen LogP contribution in [0.2, 0.25) is 0 Å². The van der Waals surface area contributed by atoms with E-state index in [0.29, 0.717) is 36.6 Å². The molecule has 0 aliphatic heterocycles. The number of para-hydroxylation sites is 1. The summed E-state index contributed by atoms with van der Waals surface area (Å²) in [5.74, 6) is 0.169. The average molecular weight is 407 g/mol. The molecule has 0 aliphatic rings. The molecule has 30 heavy (non-hydrogen) atoms. The number of rotatable bonds is 9. The largest absolute Gasteiger partial charge is 0.497 e. The molecule has 0 saturated carbocycles. The molecule has 1 aromatic heterocycles. The van der Waals surface area contributed by atoms with Gasteiger partial charge in [-0.3, -0.25) is 9.59 Å². The first kappa shape index (κ1) is 21.1. The molecule has 0 saturated heterocycles. The van der Waals surface area contributed by atoms with Crippen LogP contribution in [0, 0.1) is 0 Å². The summed E-state index contributed by atoms with van der Waals surface area (Å²) >= 11 is 0. The number of ether oxygens (including phenoxy) is 2. The van der Waals surface area contributed by atoms with Gasteiger partial charge in [0.15, 0.2) is 0 Å². The second-order valence-electron chi connectivity index (χ2n) is 6.57. The van der Waals surface area contributed by atoms with Crippen LogP contribution in [0.4, 0.5) is 0 Å². The number of methoxy groups -OCH3 is 1. The zero-order valence-corrected chi connectivity index (χ0v) is 17.1. The van der Waals surface area contributed by atoms with Crippen molar-refractivity contribution in [3.8, 4) is 22.7 Å². The molecule has 7 heteroatoms. The number of amides is 1. The molecule has 0 fully saturated rings. The van der Waals surface area contributed by atoms with Gasteiger partial charge < -0.3 is 14.8 Å². The van der Waals surface area contributed by atoms with Crippen molar-refractivity contribution in [2.45, 2.75) is 19.8 Å². The minimum Gasteiger partial charge on any atom is -0.497 e. The lowest BCUT2D eigenvalue weighted by Crippen LogP contribution is -2.25. The van der Waals surface area contributed by atoms with Crippen molar-refractivity contribution >= 4 is 11.9 Å². The fourth-order valence-corrected chi connectivity index (χ4v) is 3.00. The molecule has 0 spiro atoms. The van der Waals surface area contributed by atoms with Crippen molar-refractivity contribution in [1.82, 2.24) is 15.1 Å². The Balaban J connectivity index is 1.83. The molecular formula is C23H25N3O4. The molecule has 1 heterocycles. The predicted octanol–water partition coefficient (Wildman–Crippen LogP) is 3.62. The molecular weight excluding hydrogens is 382 g/mol. The van der Waals surface area contributed by atoms with E-state index in [1.165, 1.54) is 0 Å². The predicted molar refractivity (Wildman–Crippen MR) is 114 cm³/mol. The zero-order valence-electron chi connectivity index (χ0n) is 17.1. The molecule has 0 atom stereocenters. The number of hydrogen-bond donors (Lipinski definition) is 1. The lowest BCUT2D eigenvalue weighted by molar-refractivity contribution is -0.143. The highest BCUT2D eigenvalue weighted by Gasteiger charge is 2.19. The van der Waals surface area contributed by atoms with Crippen molar-refractivity contribution in [2.75, 3.05) is 20.3 Å². The Morgan fingerprint density at radius 1 is 1.10 bits per heavy atom. The fourth-order valence-electron chi connectivity index (χ4n) is 3.00. The molecule has 0 unspecified atom stereocenters. The first-order valence-corrected chi connectivity index (χ1v) is 9.85. The molecule has 0 aliphatic carbocycles. The molecule has 3 rings (SSSR count). The van der Waals surface area contributed by atoms with E-state index in [1.807, 2.05) is 54.6 Å². The van der Waals surface area contributed by atoms with E-state index in [2.05, 4.69) is 10.4 Å². The Bertz CT molecular complexity index is 999. The third-order valence-electron chi connectivity index (χ3n) is 4.47. The van der Waals surface area contributed by atoms with Gasteiger partial charge in [-0.1, -0.05) is 30.3 Å². The Morgan fingerprint density at radius 3 is 2.63 bits per heavy atom. The topological polar surface area (TPSA) is 82.5 Å². The van der Waals surface area contributed by atoms with E-state index in [0.717, 1.165) is 11.3 Å². The van der Waals surface area contributed by atoms with E-state index >= 15 is 0 Å². The molecule has 2 aromatic carbocycles. The van der Waals surface area contributed by atoms with E-state index in [1.54, 1.807) is 24.9 Å². The maximum atomic E-state index is 12.9. The summed E-state index contributed by atoms with van der Waals surface area (Å²) in [5, 5.41) is 7.52. The summed E-state index contributed by atoms with van der Waals surface area (Å²) in [7, 11) is 1.60. The number of benzene rings is 2. The highest BCUT2D eigenvalue weighted by atomic mass is 16.5. The molecule has 7 nitrogen and oxygen atoms in total. The maximum absolute atomic E-state index is 12.9. The summed E-state index contributed by atoms with van der Waals surface area (Å²) in [4.78, 5) is 24.4. The van der Waals surface area contributed by atoms with E-state index in [4.69, 9.17) is 9.47 Å². The van der Waals surface area contributed by atoms with Gasteiger partial charge in [-0.25, -0.2) is 4.68 Å². The molecule has 3 aromatic rings. The number of esters is 1. The van der Waals surface area contributed by atoms with Gasteiger partial charge in [0.05, 0.1) is 25.0 Å². The molecule has 1 amide bonds. The van der Waals surface area contributed by atoms with Crippen molar-refractivity contribution in [1.29, 1.82) is 0 Å². The molecule has 0 bridgehead atoms. The van der Waals surface area contributed by atoms with Crippen molar-refractivity contribution in [3.63, 3.8) is 0 Å². The number of carbonyl (C=O) groups is 2. The first-order valence-electron chi connectivity index (χ1n) is 9.85. The van der Waals surface area contributed by atoms with E-state index in [9.17, 15) is 9.59 Å². The van der Waals surface area contributed by atoms with Crippen molar-refractivity contribution in [2.24, 2.45) is 0 Å². The van der Waals surface area contributed by atoms with Crippen LogP contribution in [0.1, 0.15) is 30.1 Å². The van der Waals surface area contributed by atoms with Gasteiger partial charge in [0, 0.05) is 24.7 Å². The maximum Gasteiger partial charge on any atom is 0.305 e. The molecule has 0 radical (unpaired) electrons. The van der Waals surface area contributed by atoms with Crippen LogP contribution in [0.15, 0.2) is 60.8 Å². The Labute approximate surface area is 175 Å². The molecule has 1 N–H and O–H groups in total. The van der Waals surface area contributed by atoms with Gasteiger partial charge in [0.25, 0.3) is 5.91 Å². The molecule has 156 valence electrons. The summed E-state index contributed by atoms with van der Waals surface area (Å²) in [6.07, 6.45) is 2.48. The SMILES string of the molecule is CCOC(=O)CCCNC(=O)c1cn(-c2ccccc2)nc1-c1cccc(OC)c1. The average Bonchev–Trinajstić information content (AvgIpc) is 3.23. The third-order valence-corrected chi connectivity index (χ3v) is 4.47. The minimum absolute atomic E-state index is 0.251.